The van der Waals surface area contributed by atoms with Crippen LogP contribution in [0.15, 0.2) is 16.9 Å². The van der Waals surface area contributed by atoms with E-state index in [1.54, 1.807) is 5.57 Å². The molecule has 1 atom stereocenters. The molecule has 0 aromatic rings. The normalized spacial score (nSPS) is 27.5. The molecule has 2 nitrogen and oxygen atoms in total. The van der Waals surface area contributed by atoms with Crippen LogP contribution in [0.3, 0.4) is 0 Å². The SMILES string of the molecule is CC1=NNC=C2CCCCCCCCCCCC21. The third-order valence-corrected chi connectivity index (χ3v) is 4.40. The van der Waals surface area contributed by atoms with Crippen LogP contribution in [0.25, 0.3) is 0 Å². The summed E-state index contributed by atoms with van der Waals surface area (Å²) in [5.41, 5.74) is 5.98. The van der Waals surface area contributed by atoms with Gasteiger partial charge in [0.25, 0.3) is 0 Å². The summed E-state index contributed by atoms with van der Waals surface area (Å²) in [5.74, 6) is 0.631. The fourth-order valence-corrected chi connectivity index (χ4v) is 3.22. The molecule has 2 aliphatic rings. The standard InChI is InChI=1S/C16H28N2/c1-14-16-12-10-8-6-4-2-3-5-7-9-11-15(16)13-17-18-14/h13,16-17H,2-12H2,1H3. The molecule has 1 fully saturated rings. The molecule has 1 N–H and O–H groups in total. The number of rotatable bonds is 0. The highest BCUT2D eigenvalue weighted by Crippen LogP contribution is 2.27. The molecule has 0 aromatic carbocycles. The van der Waals surface area contributed by atoms with Crippen LogP contribution in [0, 0.1) is 5.92 Å². The summed E-state index contributed by atoms with van der Waals surface area (Å²) in [7, 11) is 0. The molecule has 1 heterocycles. The van der Waals surface area contributed by atoms with Crippen LogP contribution in [-0.2, 0) is 0 Å². The second-order valence-electron chi connectivity index (χ2n) is 5.87. The van der Waals surface area contributed by atoms with E-state index in [9.17, 15) is 0 Å². The first-order valence-electron chi connectivity index (χ1n) is 7.86. The minimum atomic E-state index is 0.631. The van der Waals surface area contributed by atoms with E-state index in [1.807, 2.05) is 0 Å². The molecular formula is C16H28N2. The fraction of sp³-hybridized carbons (Fsp3) is 0.812. The number of hydrazone groups is 1. The van der Waals surface area contributed by atoms with Gasteiger partial charge in [0.05, 0.1) is 0 Å². The smallest absolute Gasteiger partial charge is 0.0423 e. The molecule has 1 aliphatic heterocycles. The highest BCUT2D eigenvalue weighted by atomic mass is 15.3. The lowest BCUT2D eigenvalue weighted by molar-refractivity contribution is 0.550. The zero-order valence-corrected chi connectivity index (χ0v) is 11.9. The molecule has 0 spiro atoms. The lowest BCUT2D eigenvalue weighted by Gasteiger charge is -2.24. The summed E-state index contributed by atoms with van der Waals surface area (Å²) in [6.07, 6.45) is 17.5. The van der Waals surface area contributed by atoms with Crippen molar-refractivity contribution in [3.63, 3.8) is 0 Å². The Kier molecular flexibility index (Phi) is 5.76. The van der Waals surface area contributed by atoms with Crippen molar-refractivity contribution < 1.29 is 0 Å². The van der Waals surface area contributed by atoms with Crippen molar-refractivity contribution in [1.29, 1.82) is 0 Å². The van der Waals surface area contributed by atoms with E-state index in [1.165, 1.54) is 76.3 Å². The van der Waals surface area contributed by atoms with Crippen LogP contribution in [-0.4, -0.2) is 5.71 Å². The van der Waals surface area contributed by atoms with Gasteiger partial charge in [0, 0.05) is 17.8 Å². The van der Waals surface area contributed by atoms with Crippen LogP contribution in [0.4, 0.5) is 0 Å². The Balaban J connectivity index is 1.92. The van der Waals surface area contributed by atoms with Crippen LogP contribution in [0.1, 0.15) is 77.6 Å². The molecule has 102 valence electrons. The number of hydrogen-bond donors (Lipinski definition) is 1. The van der Waals surface area contributed by atoms with Crippen molar-refractivity contribution in [1.82, 2.24) is 5.43 Å². The van der Waals surface area contributed by atoms with Gasteiger partial charge in [-0.15, -0.1) is 0 Å². The summed E-state index contributed by atoms with van der Waals surface area (Å²) in [6.45, 7) is 2.18. The topological polar surface area (TPSA) is 24.4 Å². The Morgan fingerprint density at radius 2 is 1.56 bits per heavy atom. The van der Waals surface area contributed by atoms with Crippen LogP contribution in [0.5, 0.6) is 0 Å². The van der Waals surface area contributed by atoms with Crippen molar-refractivity contribution in [2.75, 3.05) is 0 Å². The first kappa shape index (κ1) is 13.6. The van der Waals surface area contributed by atoms with Crippen LogP contribution in [0.2, 0.25) is 0 Å². The molecule has 0 bridgehead atoms. The van der Waals surface area contributed by atoms with E-state index in [2.05, 4.69) is 23.7 Å². The monoisotopic (exact) mass is 248 g/mol. The Hall–Kier alpha value is -0.790. The molecule has 0 aromatic heterocycles. The lowest BCUT2D eigenvalue weighted by atomic mass is 9.86. The number of nitrogens with one attached hydrogen (secondary N) is 1. The predicted molar refractivity (Wildman–Crippen MR) is 78.6 cm³/mol. The van der Waals surface area contributed by atoms with Gasteiger partial charge in [-0.05, 0) is 31.8 Å². The molecule has 1 unspecified atom stereocenters. The van der Waals surface area contributed by atoms with E-state index < -0.39 is 0 Å². The second-order valence-corrected chi connectivity index (χ2v) is 5.87. The number of fused-ring (bicyclic) bond motifs is 1. The molecule has 18 heavy (non-hydrogen) atoms. The van der Waals surface area contributed by atoms with Gasteiger partial charge in [0.15, 0.2) is 0 Å². The van der Waals surface area contributed by atoms with Crippen molar-refractivity contribution in [3.8, 4) is 0 Å². The van der Waals surface area contributed by atoms with E-state index in [4.69, 9.17) is 0 Å². The molecule has 0 radical (unpaired) electrons. The van der Waals surface area contributed by atoms with Gasteiger partial charge in [-0.1, -0.05) is 51.4 Å². The second kappa shape index (κ2) is 7.60. The van der Waals surface area contributed by atoms with Crippen molar-refractivity contribution in [2.24, 2.45) is 11.0 Å². The Morgan fingerprint density at radius 1 is 0.944 bits per heavy atom. The van der Waals surface area contributed by atoms with E-state index in [0.717, 1.165) is 0 Å². The van der Waals surface area contributed by atoms with Crippen molar-refractivity contribution in [3.05, 3.63) is 11.8 Å². The van der Waals surface area contributed by atoms with Gasteiger partial charge in [-0.2, -0.15) is 5.10 Å². The van der Waals surface area contributed by atoms with Gasteiger partial charge in [0.2, 0.25) is 0 Å². The minimum Gasteiger partial charge on any atom is -0.286 e. The largest absolute Gasteiger partial charge is 0.286 e. The maximum Gasteiger partial charge on any atom is 0.0423 e. The van der Waals surface area contributed by atoms with Gasteiger partial charge >= 0.3 is 0 Å². The van der Waals surface area contributed by atoms with E-state index in [-0.39, 0.29) is 0 Å². The average molecular weight is 248 g/mol. The molecule has 2 heteroatoms. The summed E-state index contributed by atoms with van der Waals surface area (Å²) in [6, 6.07) is 0. The third kappa shape index (κ3) is 4.15. The Morgan fingerprint density at radius 3 is 2.28 bits per heavy atom. The quantitative estimate of drug-likeness (QED) is 0.656. The Labute approximate surface area is 112 Å². The van der Waals surface area contributed by atoms with Crippen LogP contribution < -0.4 is 5.43 Å². The lowest BCUT2D eigenvalue weighted by Crippen LogP contribution is -2.22. The highest BCUT2D eigenvalue weighted by Gasteiger charge is 2.19. The third-order valence-electron chi connectivity index (χ3n) is 4.40. The van der Waals surface area contributed by atoms with Gasteiger partial charge in [-0.25, -0.2) is 0 Å². The number of allylic oxidation sites excluding steroid dienone is 1. The molecule has 1 saturated carbocycles. The average Bonchev–Trinajstić information content (AvgIpc) is 2.39. The van der Waals surface area contributed by atoms with E-state index >= 15 is 0 Å². The summed E-state index contributed by atoms with van der Waals surface area (Å²) in [5, 5.41) is 4.39. The van der Waals surface area contributed by atoms with Crippen molar-refractivity contribution >= 4 is 5.71 Å². The van der Waals surface area contributed by atoms with Crippen molar-refractivity contribution in [2.45, 2.75) is 77.6 Å². The van der Waals surface area contributed by atoms with Gasteiger partial charge < -0.3 is 0 Å². The number of hydrogen-bond acceptors (Lipinski definition) is 2. The summed E-state index contributed by atoms with van der Waals surface area (Å²) < 4.78 is 0. The zero-order valence-electron chi connectivity index (χ0n) is 11.9. The van der Waals surface area contributed by atoms with Gasteiger partial charge in [0.1, 0.15) is 0 Å². The molecular weight excluding hydrogens is 220 g/mol. The molecule has 2 rings (SSSR count). The molecule has 0 saturated heterocycles. The Bertz CT molecular complexity index is 304. The van der Waals surface area contributed by atoms with E-state index in [0.29, 0.717) is 5.92 Å². The fourth-order valence-electron chi connectivity index (χ4n) is 3.22. The molecule has 1 aliphatic carbocycles. The minimum absolute atomic E-state index is 0.631. The first-order valence-corrected chi connectivity index (χ1v) is 7.86. The molecule has 0 amide bonds. The maximum atomic E-state index is 4.39. The van der Waals surface area contributed by atoms with Crippen LogP contribution >= 0.6 is 0 Å². The van der Waals surface area contributed by atoms with Gasteiger partial charge in [-0.3, -0.25) is 5.43 Å². The maximum absolute atomic E-state index is 4.39. The first-order chi connectivity index (χ1) is 8.88. The number of nitrogens with zero attached hydrogens (tertiary/aromatic N) is 1. The zero-order chi connectivity index (χ0) is 12.6. The highest BCUT2D eigenvalue weighted by molar-refractivity contribution is 5.87. The predicted octanol–water partition coefficient (Wildman–Crippen LogP) is 4.77. The summed E-state index contributed by atoms with van der Waals surface area (Å²) in [4.78, 5) is 0. The summed E-state index contributed by atoms with van der Waals surface area (Å²) >= 11 is 0.